The topological polar surface area (TPSA) is 63.6 Å². The minimum atomic E-state index is -0.356. The minimum absolute atomic E-state index is 0.325. The van der Waals surface area contributed by atoms with E-state index in [0.717, 1.165) is 10.9 Å². The van der Waals surface area contributed by atoms with Gasteiger partial charge in [-0.1, -0.05) is 41.9 Å². The van der Waals surface area contributed by atoms with Gasteiger partial charge in [0, 0.05) is 10.9 Å². The van der Waals surface area contributed by atoms with Crippen molar-refractivity contribution in [2.24, 2.45) is 5.10 Å². The molecule has 2 aromatic carbocycles. The lowest BCUT2D eigenvalue weighted by atomic mass is 10.2. The van der Waals surface area contributed by atoms with Crippen molar-refractivity contribution in [1.29, 1.82) is 0 Å². The monoisotopic (exact) mass is 353 g/mol. The molecule has 0 aliphatic rings. The minimum Gasteiger partial charge on any atom is -0.493 e. The molecular weight excluding hydrogens is 338 g/mol. The Morgan fingerprint density at radius 1 is 1.24 bits per heavy atom. The van der Waals surface area contributed by atoms with Crippen LogP contribution in [-0.2, 0) is 0 Å². The number of hydrogen-bond donors (Lipinski definition) is 1. The average molecular weight is 354 g/mol. The van der Waals surface area contributed by atoms with Gasteiger partial charge in [0.1, 0.15) is 10.9 Å². The molecule has 6 heteroatoms. The Bertz CT molecular complexity index is 941. The highest BCUT2D eigenvalue weighted by Gasteiger charge is 2.11. The van der Waals surface area contributed by atoms with Gasteiger partial charge in [-0.25, -0.2) is 10.4 Å². The molecule has 1 aromatic heterocycles. The molecule has 1 N–H and O–H groups in total. The second kappa shape index (κ2) is 7.77. The number of nitrogens with zero attached hydrogens (tertiary/aromatic N) is 2. The average Bonchev–Trinajstić information content (AvgIpc) is 2.63. The number of aromatic nitrogens is 1. The third kappa shape index (κ3) is 3.95. The van der Waals surface area contributed by atoms with Crippen LogP contribution in [0.3, 0.4) is 0 Å². The summed E-state index contributed by atoms with van der Waals surface area (Å²) in [4.78, 5) is 16.6. The second-order valence-electron chi connectivity index (χ2n) is 5.19. The van der Waals surface area contributed by atoms with Gasteiger partial charge < -0.3 is 4.74 Å². The molecule has 0 unspecified atom stereocenters. The lowest BCUT2D eigenvalue weighted by Crippen LogP contribution is -2.18. The van der Waals surface area contributed by atoms with Crippen LogP contribution in [0.4, 0.5) is 0 Å². The standard InChI is InChI=1S/C19H16ClN3O2/c1-2-25-17-10-6-4-8-15(17)19(24)23-21-12-14-11-13-7-3-5-9-16(13)22-18(14)20/h3-12H,2H2,1H3,(H,23,24). The van der Waals surface area contributed by atoms with Crippen molar-refractivity contribution in [3.63, 3.8) is 0 Å². The summed E-state index contributed by atoms with van der Waals surface area (Å²) in [6.07, 6.45) is 1.48. The zero-order valence-electron chi connectivity index (χ0n) is 13.6. The largest absolute Gasteiger partial charge is 0.493 e. The molecule has 126 valence electrons. The van der Waals surface area contributed by atoms with Crippen LogP contribution in [0.5, 0.6) is 5.75 Å². The molecule has 0 spiro atoms. The molecule has 3 rings (SSSR count). The highest BCUT2D eigenvalue weighted by molar-refractivity contribution is 6.32. The molecule has 1 heterocycles. The zero-order chi connectivity index (χ0) is 17.6. The fraction of sp³-hybridized carbons (Fsp3) is 0.105. The van der Waals surface area contributed by atoms with Crippen LogP contribution in [0.25, 0.3) is 10.9 Å². The van der Waals surface area contributed by atoms with Gasteiger partial charge in [0.2, 0.25) is 0 Å². The summed E-state index contributed by atoms with van der Waals surface area (Å²) < 4.78 is 5.45. The zero-order valence-corrected chi connectivity index (χ0v) is 14.3. The second-order valence-corrected chi connectivity index (χ2v) is 5.55. The molecule has 0 saturated heterocycles. The summed E-state index contributed by atoms with van der Waals surface area (Å²) in [6, 6.07) is 16.5. The first-order valence-corrected chi connectivity index (χ1v) is 8.17. The lowest BCUT2D eigenvalue weighted by molar-refractivity contribution is 0.0951. The predicted octanol–water partition coefficient (Wildman–Crippen LogP) is 4.05. The van der Waals surface area contributed by atoms with Crippen molar-refractivity contribution in [3.05, 3.63) is 70.9 Å². The maximum Gasteiger partial charge on any atom is 0.275 e. The number of fused-ring (bicyclic) bond motifs is 1. The normalized spacial score (nSPS) is 11.0. The van der Waals surface area contributed by atoms with E-state index in [9.17, 15) is 4.79 Å². The Morgan fingerprint density at radius 2 is 2.00 bits per heavy atom. The van der Waals surface area contributed by atoms with Crippen LogP contribution in [-0.4, -0.2) is 23.7 Å². The van der Waals surface area contributed by atoms with Gasteiger partial charge in [0.05, 0.1) is 23.9 Å². The molecule has 5 nitrogen and oxygen atoms in total. The Balaban J connectivity index is 1.77. The SMILES string of the molecule is CCOc1ccccc1C(=O)NN=Cc1cc2ccccc2nc1Cl. The van der Waals surface area contributed by atoms with Crippen molar-refractivity contribution in [2.45, 2.75) is 6.92 Å². The van der Waals surface area contributed by atoms with E-state index in [-0.39, 0.29) is 5.91 Å². The molecular formula is C19H16ClN3O2. The lowest BCUT2D eigenvalue weighted by Gasteiger charge is -2.08. The number of ether oxygens (including phenoxy) is 1. The summed E-state index contributed by atoms with van der Waals surface area (Å²) >= 11 is 6.17. The fourth-order valence-electron chi connectivity index (χ4n) is 2.36. The molecule has 0 aliphatic heterocycles. The van der Waals surface area contributed by atoms with Gasteiger partial charge in [-0.05, 0) is 31.2 Å². The van der Waals surface area contributed by atoms with Crippen LogP contribution in [0.15, 0.2) is 59.7 Å². The number of pyridine rings is 1. The highest BCUT2D eigenvalue weighted by atomic mass is 35.5. The van der Waals surface area contributed by atoms with E-state index in [4.69, 9.17) is 16.3 Å². The molecule has 25 heavy (non-hydrogen) atoms. The van der Waals surface area contributed by atoms with E-state index in [1.54, 1.807) is 18.2 Å². The van der Waals surface area contributed by atoms with Crippen LogP contribution >= 0.6 is 11.6 Å². The number of rotatable bonds is 5. The molecule has 0 bridgehead atoms. The number of nitrogens with one attached hydrogen (secondary N) is 1. The van der Waals surface area contributed by atoms with Crippen LogP contribution in [0.1, 0.15) is 22.8 Å². The number of benzene rings is 2. The summed E-state index contributed by atoms with van der Waals surface area (Å²) in [5.41, 5.74) is 4.33. The van der Waals surface area contributed by atoms with Crippen molar-refractivity contribution >= 4 is 34.6 Å². The third-order valence-electron chi connectivity index (χ3n) is 3.51. The van der Waals surface area contributed by atoms with Crippen molar-refractivity contribution in [2.75, 3.05) is 6.61 Å². The Morgan fingerprint density at radius 3 is 2.84 bits per heavy atom. The quantitative estimate of drug-likeness (QED) is 0.427. The van der Waals surface area contributed by atoms with Gasteiger partial charge in [-0.2, -0.15) is 5.10 Å². The number of para-hydroxylation sites is 2. The Labute approximate surface area is 150 Å². The summed E-state index contributed by atoms with van der Waals surface area (Å²) in [7, 11) is 0. The summed E-state index contributed by atoms with van der Waals surface area (Å²) in [5.74, 6) is 0.160. The van der Waals surface area contributed by atoms with E-state index in [2.05, 4.69) is 15.5 Å². The van der Waals surface area contributed by atoms with Gasteiger partial charge in [-0.15, -0.1) is 0 Å². The highest BCUT2D eigenvalue weighted by Crippen LogP contribution is 2.19. The molecule has 1 amide bonds. The fourth-order valence-corrected chi connectivity index (χ4v) is 2.55. The maximum atomic E-state index is 12.3. The summed E-state index contributed by atoms with van der Waals surface area (Å²) in [5, 5.41) is 5.25. The maximum absolute atomic E-state index is 12.3. The number of carbonyl (C=O) groups is 1. The molecule has 3 aromatic rings. The first-order valence-electron chi connectivity index (χ1n) is 7.79. The molecule has 0 atom stereocenters. The van der Waals surface area contributed by atoms with Crippen LogP contribution in [0.2, 0.25) is 5.15 Å². The van der Waals surface area contributed by atoms with Gasteiger partial charge in [0.25, 0.3) is 5.91 Å². The number of hydrogen-bond acceptors (Lipinski definition) is 4. The van der Waals surface area contributed by atoms with E-state index in [0.29, 0.717) is 28.6 Å². The van der Waals surface area contributed by atoms with E-state index < -0.39 is 0 Å². The number of carbonyl (C=O) groups excluding carboxylic acids is 1. The third-order valence-corrected chi connectivity index (χ3v) is 3.81. The van der Waals surface area contributed by atoms with Gasteiger partial charge >= 0.3 is 0 Å². The number of hydrazone groups is 1. The van der Waals surface area contributed by atoms with Crippen LogP contribution < -0.4 is 10.2 Å². The molecule has 0 aliphatic carbocycles. The van der Waals surface area contributed by atoms with E-state index >= 15 is 0 Å². The van der Waals surface area contributed by atoms with Gasteiger partial charge in [0.15, 0.2) is 0 Å². The molecule has 0 fully saturated rings. The smallest absolute Gasteiger partial charge is 0.275 e. The van der Waals surface area contributed by atoms with E-state index in [1.165, 1.54) is 6.21 Å². The predicted molar refractivity (Wildman–Crippen MR) is 99.4 cm³/mol. The molecule has 0 saturated carbocycles. The number of halogens is 1. The Hall–Kier alpha value is -2.92. The van der Waals surface area contributed by atoms with Gasteiger partial charge in [-0.3, -0.25) is 4.79 Å². The van der Waals surface area contributed by atoms with Crippen molar-refractivity contribution in [3.8, 4) is 5.75 Å². The first-order chi connectivity index (χ1) is 12.2. The number of amides is 1. The van der Waals surface area contributed by atoms with E-state index in [1.807, 2.05) is 43.3 Å². The van der Waals surface area contributed by atoms with Crippen LogP contribution in [0, 0.1) is 0 Å². The first kappa shape index (κ1) is 16.9. The van der Waals surface area contributed by atoms with Crippen molar-refractivity contribution < 1.29 is 9.53 Å². The Kier molecular flexibility index (Phi) is 5.26. The van der Waals surface area contributed by atoms with Crippen molar-refractivity contribution in [1.82, 2.24) is 10.4 Å². The molecule has 0 radical (unpaired) electrons. The summed E-state index contributed by atoms with van der Waals surface area (Å²) in [6.45, 7) is 2.34.